The number of nitrogens with two attached hydrogens (primary N) is 1. The van der Waals surface area contributed by atoms with E-state index in [-0.39, 0.29) is 12.4 Å². The summed E-state index contributed by atoms with van der Waals surface area (Å²) in [6.07, 6.45) is 0. The van der Waals surface area contributed by atoms with Gasteiger partial charge in [0.1, 0.15) is 11.5 Å². The highest BCUT2D eigenvalue weighted by atomic mass is 79.9. The second-order valence-electron chi connectivity index (χ2n) is 2.98. The van der Waals surface area contributed by atoms with E-state index >= 15 is 0 Å². The fraction of sp³-hybridized carbons (Fsp3) is 0.100. The minimum absolute atomic E-state index is 0.278. The van der Waals surface area contributed by atoms with Crippen LogP contribution in [0, 0.1) is 5.82 Å². The van der Waals surface area contributed by atoms with Gasteiger partial charge in [-0.25, -0.2) is 4.39 Å². The van der Waals surface area contributed by atoms with Crippen LogP contribution in [0.15, 0.2) is 33.3 Å². The molecule has 1 aromatic heterocycles. The summed E-state index contributed by atoms with van der Waals surface area (Å²) in [5.41, 5.74) is 6.61. The SMILES string of the molecule is NCc1cc(-c2cccc(F)c2Br)no1. The van der Waals surface area contributed by atoms with Gasteiger partial charge < -0.3 is 10.3 Å². The van der Waals surface area contributed by atoms with E-state index in [1.54, 1.807) is 18.2 Å². The molecule has 1 heterocycles. The van der Waals surface area contributed by atoms with E-state index in [0.29, 0.717) is 21.5 Å². The predicted octanol–water partition coefficient (Wildman–Crippen LogP) is 2.70. The molecule has 0 atom stereocenters. The Morgan fingerprint density at radius 3 is 2.93 bits per heavy atom. The molecule has 78 valence electrons. The zero-order valence-corrected chi connectivity index (χ0v) is 9.29. The molecule has 0 saturated heterocycles. The van der Waals surface area contributed by atoms with E-state index in [1.165, 1.54) is 6.07 Å². The maximum absolute atomic E-state index is 13.2. The van der Waals surface area contributed by atoms with E-state index in [1.807, 2.05) is 0 Å². The average molecular weight is 271 g/mol. The second-order valence-corrected chi connectivity index (χ2v) is 3.78. The van der Waals surface area contributed by atoms with Gasteiger partial charge in [-0.2, -0.15) is 0 Å². The van der Waals surface area contributed by atoms with Crippen LogP contribution in [-0.2, 0) is 6.54 Å². The predicted molar refractivity (Wildman–Crippen MR) is 57.5 cm³/mol. The molecule has 2 N–H and O–H groups in total. The van der Waals surface area contributed by atoms with Crippen molar-refractivity contribution < 1.29 is 8.91 Å². The number of rotatable bonds is 2. The topological polar surface area (TPSA) is 52.0 Å². The van der Waals surface area contributed by atoms with Gasteiger partial charge in [-0.3, -0.25) is 0 Å². The smallest absolute Gasteiger partial charge is 0.150 e. The molecule has 5 heteroatoms. The van der Waals surface area contributed by atoms with Gasteiger partial charge in [-0.05, 0) is 22.0 Å². The first-order valence-electron chi connectivity index (χ1n) is 4.32. The Morgan fingerprint density at radius 2 is 2.27 bits per heavy atom. The van der Waals surface area contributed by atoms with Gasteiger partial charge in [0.2, 0.25) is 0 Å². The number of halogens is 2. The molecule has 3 nitrogen and oxygen atoms in total. The lowest BCUT2D eigenvalue weighted by Gasteiger charge is -1.99. The zero-order valence-electron chi connectivity index (χ0n) is 7.71. The molecule has 1 aromatic carbocycles. The van der Waals surface area contributed by atoms with Crippen molar-refractivity contribution >= 4 is 15.9 Å². The number of aromatic nitrogens is 1. The van der Waals surface area contributed by atoms with Gasteiger partial charge >= 0.3 is 0 Å². The molecule has 0 aliphatic carbocycles. The van der Waals surface area contributed by atoms with E-state index in [2.05, 4.69) is 21.1 Å². The molecule has 0 unspecified atom stereocenters. The van der Waals surface area contributed by atoms with E-state index in [0.717, 1.165) is 0 Å². The van der Waals surface area contributed by atoms with Crippen LogP contribution in [0.2, 0.25) is 0 Å². The van der Waals surface area contributed by atoms with Crippen molar-refractivity contribution in [2.75, 3.05) is 0 Å². The van der Waals surface area contributed by atoms with Gasteiger partial charge in [-0.15, -0.1) is 0 Å². The molecular weight excluding hydrogens is 263 g/mol. The summed E-state index contributed by atoms with van der Waals surface area (Å²) < 4.78 is 18.5. The summed E-state index contributed by atoms with van der Waals surface area (Å²) in [7, 11) is 0. The van der Waals surface area contributed by atoms with Gasteiger partial charge in [0.05, 0.1) is 11.0 Å². The normalized spacial score (nSPS) is 10.6. The van der Waals surface area contributed by atoms with Crippen molar-refractivity contribution in [2.45, 2.75) is 6.54 Å². The summed E-state index contributed by atoms with van der Waals surface area (Å²) in [6, 6.07) is 6.44. The minimum Gasteiger partial charge on any atom is -0.359 e. The van der Waals surface area contributed by atoms with Crippen molar-refractivity contribution in [3.05, 3.63) is 40.3 Å². The molecule has 0 aliphatic heterocycles. The maximum Gasteiger partial charge on any atom is 0.150 e. The lowest BCUT2D eigenvalue weighted by Crippen LogP contribution is -1.92. The summed E-state index contributed by atoms with van der Waals surface area (Å²) in [5.74, 6) is 0.242. The van der Waals surface area contributed by atoms with Crippen molar-refractivity contribution in [2.24, 2.45) is 5.73 Å². The highest BCUT2D eigenvalue weighted by molar-refractivity contribution is 9.10. The fourth-order valence-electron chi connectivity index (χ4n) is 1.24. The highest BCUT2D eigenvalue weighted by Gasteiger charge is 2.11. The lowest BCUT2D eigenvalue weighted by atomic mass is 10.1. The van der Waals surface area contributed by atoms with Gasteiger partial charge in [-0.1, -0.05) is 17.3 Å². The Hall–Kier alpha value is -1.20. The van der Waals surface area contributed by atoms with Crippen molar-refractivity contribution in [1.82, 2.24) is 5.16 Å². The Kier molecular flexibility index (Phi) is 2.83. The average Bonchev–Trinajstić information content (AvgIpc) is 2.70. The fourth-order valence-corrected chi connectivity index (χ4v) is 1.71. The standard InChI is InChI=1S/C10H8BrFN2O/c11-10-7(2-1-3-8(10)12)9-4-6(5-13)15-14-9/h1-4H,5,13H2. The summed E-state index contributed by atoms with van der Waals surface area (Å²) in [5, 5.41) is 3.81. The summed E-state index contributed by atoms with van der Waals surface area (Å²) in [4.78, 5) is 0. The molecule has 0 bridgehead atoms. The number of benzene rings is 1. The summed E-state index contributed by atoms with van der Waals surface area (Å²) in [6.45, 7) is 0.278. The molecule has 0 aliphatic rings. The Balaban J connectivity index is 2.49. The van der Waals surface area contributed by atoms with E-state index in [9.17, 15) is 4.39 Å². The van der Waals surface area contributed by atoms with Crippen LogP contribution in [0.4, 0.5) is 4.39 Å². The third kappa shape index (κ3) is 1.93. The third-order valence-corrected chi connectivity index (χ3v) is 2.79. The Bertz CT molecular complexity index is 484. The number of hydrogen-bond acceptors (Lipinski definition) is 3. The molecule has 2 rings (SSSR count). The van der Waals surface area contributed by atoms with Crippen LogP contribution in [-0.4, -0.2) is 5.16 Å². The van der Waals surface area contributed by atoms with E-state index < -0.39 is 0 Å². The number of hydrogen-bond donors (Lipinski definition) is 1. The third-order valence-electron chi connectivity index (χ3n) is 1.99. The first-order valence-corrected chi connectivity index (χ1v) is 5.11. The molecule has 0 spiro atoms. The highest BCUT2D eigenvalue weighted by Crippen LogP contribution is 2.29. The Labute approximate surface area is 94.2 Å². The largest absolute Gasteiger partial charge is 0.359 e. The first kappa shape index (κ1) is 10.3. The summed E-state index contributed by atoms with van der Waals surface area (Å²) >= 11 is 3.16. The van der Waals surface area contributed by atoms with Gasteiger partial charge in [0, 0.05) is 11.6 Å². The van der Waals surface area contributed by atoms with Crippen molar-refractivity contribution in [3.63, 3.8) is 0 Å². The molecule has 0 fully saturated rings. The second kappa shape index (κ2) is 4.12. The van der Waals surface area contributed by atoms with Crippen molar-refractivity contribution in [3.8, 4) is 11.3 Å². The van der Waals surface area contributed by atoms with Crippen LogP contribution in [0.1, 0.15) is 5.76 Å². The van der Waals surface area contributed by atoms with E-state index in [4.69, 9.17) is 10.3 Å². The van der Waals surface area contributed by atoms with Gasteiger partial charge in [0.15, 0.2) is 5.76 Å². The minimum atomic E-state index is -0.329. The lowest BCUT2D eigenvalue weighted by molar-refractivity contribution is 0.387. The van der Waals surface area contributed by atoms with Crippen LogP contribution >= 0.6 is 15.9 Å². The first-order chi connectivity index (χ1) is 7.22. The molecule has 15 heavy (non-hydrogen) atoms. The molecular formula is C10H8BrFN2O. The molecule has 0 saturated carbocycles. The van der Waals surface area contributed by atoms with Crippen LogP contribution in [0.5, 0.6) is 0 Å². The number of nitrogens with zero attached hydrogens (tertiary/aromatic N) is 1. The maximum atomic E-state index is 13.2. The molecule has 2 aromatic rings. The van der Waals surface area contributed by atoms with Crippen LogP contribution in [0.25, 0.3) is 11.3 Å². The quantitative estimate of drug-likeness (QED) is 0.913. The van der Waals surface area contributed by atoms with Crippen LogP contribution in [0.3, 0.4) is 0 Å². The zero-order chi connectivity index (χ0) is 10.8. The monoisotopic (exact) mass is 270 g/mol. The molecule has 0 radical (unpaired) electrons. The van der Waals surface area contributed by atoms with Crippen molar-refractivity contribution in [1.29, 1.82) is 0 Å². The van der Waals surface area contributed by atoms with Crippen LogP contribution < -0.4 is 5.73 Å². The Morgan fingerprint density at radius 1 is 1.47 bits per heavy atom. The van der Waals surface area contributed by atoms with Gasteiger partial charge in [0.25, 0.3) is 0 Å². The molecule has 0 amide bonds.